The minimum Gasteiger partial charge on any atom is -0.228 e. The minimum absolute atomic E-state index is 0.539. The molecule has 0 fully saturated rings. The molecular weight excluding hydrogens is 252 g/mol. The summed E-state index contributed by atoms with van der Waals surface area (Å²) in [4.78, 5) is 2.01. The van der Waals surface area contributed by atoms with E-state index in [1.54, 1.807) is 0 Å². The van der Waals surface area contributed by atoms with Crippen molar-refractivity contribution in [2.75, 3.05) is 6.26 Å². The highest BCUT2D eigenvalue weighted by Crippen LogP contribution is 2.33. The van der Waals surface area contributed by atoms with Crippen LogP contribution in [0.4, 0.5) is 0 Å². The molecule has 2 rings (SSSR count). The first-order chi connectivity index (χ1) is 7.98. The number of benzene rings is 1. The van der Waals surface area contributed by atoms with Gasteiger partial charge in [-0.1, -0.05) is 30.3 Å². The fourth-order valence-electron chi connectivity index (χ4n) is 1.84. The molecule has 2 nitrogen and oxygen atoms in total. The molecule has 90 valence electrons. The summed E-state index contributed by atoms with van der Waals surface area (Å²) in [5.41, 5.74) is 0.830. The summed E-state index contributed by atoms with van der Waals surface area (Å²) in [5, 5.41) is -0.539. The van der Waals surface area contributed by atoms with Crippen molar-refractivity contribution in [2.45, 2.75) is 12.2 Å². The van der Waals surface area contributed by atoms with Crippen molar-refractivity contribution in [1.29, 1.82) is 0 Å². The van der Waals surface area contributed by atoms with Gasteiger partial charge < -0.3 is 0 Å². The molecule has 1 aromatic carbocycles. The number of hydrogen-bond donors (Lipinski definition) is 0. The standard InChI is InChI=1S/C13H14O2S2/c1-10-8-9-12(16-10)13(17(2,14)15)11-6-4-3-5-7-11/h3-9,13H,1-2H3. The lowest BCUT2D eigenvalue weighted by Gasteiger charge is -2.13. The highest BCUT2D eigenvalue weighted by Gasteiger charge is 2.25. The normalized spacial score (nSPS) is 13.5. The maximum Gasteiger partial charge on any atom is 0.159 e. The van der Waals surface area contributed by atoms with Crippen LogP contribution in [0.1, 0.15) is 20.6 Å². The molecule has 1 atom stereocenters. The molecule has 0 bridgehead atoms. The number of aryl methyl sites for hydroxylation is 1. The Morgan fingerprint density at radius 1 is 1.06 bits per heavy atom. The van der Waals surface area contributed by atoms with E-state index >= 15 is 0 Å². The average molecular weight is 266 g/mol. The second-order valence-corrected chi connectivity index (χ2v) is 7.52. The quantitative estimate of drug-likeness (QED) is 0.855. The summed E-state index contributed by atoms with van der Waals surface area (Å²) in [7, 11) is -3.15. The third kappa shape index (κ3) is 2.76. The molecule has 1 unspecified atom stereocenters. The third-order valence-corrected chi connectivity index (χ3v) is 5.15. The van der Waals surface area contributed by atoms with E-state index in [1.165, 1.54) is 17.6 Å². The Bertz CT molecular complexity index is 597. The summed E-state index contributed by atoms with van der Waals surface area (Å²) in [6, 6.07) is 13.2. The Morgan fingerprint density at radius 2 is 1.71 bits per heavy atom. The molecule has 0 saturated carbocycles. The predicted molar refractivity (Wildman–Crippen MR) is 72.2 cm³/mol. The summed E-state index contributed by atoms with van der Waals surface area (Å²) in [5.74, 6) is 0. The van der Waals surface area contributed by atoms with Crippen LogP contribution in [0.2, 0.25) is 0 Å². The van der Waals surface area contributed by atoms with Gasteiger partial charge in [0, 0.05) is 16.0 Å². The van der Waals surface area contributed by atoms with Crippen LogP contribution in [0.15, 0.2) is 42.5 Å². The lowest BCUT2D eigenvalue weighted by atomic mass is 10.1. The molecule has 0 aliphatic carbocycles. The molecule has 0 amide bonds. The molecule has 0 saturated heterocycles. The fourth-order valence-corrected chi connectivity index (χ4v) is 4.55. The Morgan fingerprint density at radius 3 is 2.18 bits per heavy atom. The molecule has 0 aliphatic heterocycles. The van der Waals surface area contributed by atoms with Crippen LogP contribution in [-0.4, -0.2) is 14.7 Å². The number of sulfone groups is 1. The van der Waals surface area contributed by atoms with Gasteiger partial charge in [-0.15, -0.1) is 11.3 Å². The van der Waals surface area contributed by atoms with Crippen LogP contribution >= 0.6 is 11.3 Å². The van der Waals surface area contributed by atoms with Crippen LogP contribution in [0.3, 0.4) is 0 Å². The second-order valence-electron chi connectivity index (χ2n) is 4.07. The summed E-state index contributed by atoms with van der Waals surface area (Å²) in [6.45, 7) is 1.98. The van der Waals surface area contributed by atoms with Gasteiger partial charge in [0.25, 0.3) is 0 Å². The second kappa shape index (κ2) is 4.63. The van der Waals surface area contributed by atoms with E-state index in [0.29, 0.717) is 0 Å². The van der Waals surface area contributed by atoms with E-state index in [9.17, 15) is 8.42 Å². The maximum absolute atomic E-state index is 11.9. The SMILES string of the molecule is Cc1ccc(C(c2ccccc2)S(C)(=O)=O)s1. The van der Waals surface area contributed by atoms with E-state index in [0.717, 1.165) is 15.3 Å². The highest BCUT2D eigenvalue weighted by molar-refractivity contribution is 7.91. The Kier molecular flexibility index (Phi) is 3.35. The zero-order valence-electron chi connectivity index (χ0n) is 9.75. The Labute approximate surface area is 106 Å². The van der Waals surface area contributed by atoms with Gasteiger partial charge in [-0.25, -0.2) is 8.42 Å². The zero-order valence-corrected chi connectivity index (χ0v) is 11.4. The zero-order chi connectivity index (χ0) is 12.5. The van der Waals surface area contributed by atoms with Crippen molar-refractivity contribution in [3.8, 4) is 0 Å². The topological polar surface area (TPSA) is 34.1 Å². The van der Waals surface area contributed by atoms with Gasteiger partial charge in [0.05, 0.1) is 0 Å². The molecule has 2 aromatic rings. The van der Waals surface area contributed by atoms with Crippen molar-refractivity contribution < 1.29 is 8.42 Å². The van der Waals surface area contributed by atoms with E-state index in [4.69, 9.17) is 0 Å². The van der Waals surface area contributed by atoms with Gasteiger partial charge in [0.15, 0.2) is 9.84 Å². The van der Waals surface area contributed by atoms with Gasteiger partial charge >= 0.3 is 0 Å². The Hall–Kier alpha value is -1.13. The van der Waals surface area contributed by atoms with E-state index in [2.05, 4.69) is 0 Å². The van der Waals surface area contributed by atoms with E-state index in [1.807, 2.05) is 49.4 Å². The van der Waals surface area contributed by atoms with E-state index < -0.39 is 15.1 Å². The van der Waals surface area contributed by atoms with Gasteiger partial charge in [-0.3, -0.25) is 0 Å². The molecule has 0 radical (unpaired) electrons. The van der Waals surface area contributed by atoms with Gasteiger partial charge in [-0.05, 0) is 24.6 Å². The lowest BCUT2D eigenvalue weighted by Crippen LogP contribution is -2.11. The van der Waals surface area contributed by atoms with Crippen LogP contribution in [-0.2, 0) is 9.84 Å². The van der Waals surface area contributed by atoms with Gasteiger partial charge in [-0.2, -0.15) is 0 Å². The molecule has 0 aliphatic rings. The lowest BCUT2D eigenvalue weighted by molar-refractivity contribution is 0.596. The highest BCUT2D eigenvalue weighted by atomic mass is 32.2. The number of rotatable bonds is 3. The van der Waals surface area contributed by atoms with Crippen LogP contribution in [0, 0.1) is 6.92 Å². The Balaban J connectivity index is 2.55. The number of thiophene rings is 1. The van der Waals surface area contributed by atoms with Crippen molar-refractivity contribution in [2.24, 2.45) is 0 Å². The molecule has 0 N–H and O–H groups in total. The van der Waals surface area contributed by atoms with E-state index in [-0.39, 0.29) is 0 Å². The molecule has 17 heavy (non-hydrogen) atoms. The van der Waals surface area contributed by atoms with Crippen LogP contribution in [0.5, 0.6) is 0 Å². The van der Waals surface area contributed by atoms with Gasteiger partial charge in [0.1, 0.15) is 5.25 Å². The van der Waals surface area contributed by atoms with Crippen molar-refractivity contribution in [3.05, 3.63) is 57.8 Å². The first-order valence-corrected chi connectivity index (χ1v) is 8.06. The van der Waals surface area contributed by atoms with Crippen LogP contribution < -0.4 is 0 Å². The van der Waals surface area contributed by atoms with Crippen LogP contribution in [0.25, 0.3) is 0 Å². The predicted octanol–water partition coefficient (Wildman–Crippen LogP) is 3.19. The first-order valence-electron chi connectivity index (χ1n) is 5.28. The molecule has 0 spiro atoms. The third-order valence-electron chi connectivity index (χ3n) is 2.55. The molecule has 1 heterocycles. The summed E-state index contributed by atoms with van der Waals surface area (Å²) < 4.78 is 23.9. The smallest absolute Gasteiger partial charge is 0.159 e. The summed E-state index contributed by atoms with van der Waals surface area (Å²) in [6.07, 6.45) is 1.29. The maximum atomic E-state index is 11.9. The van der Waals surface area contributed by atoms with Gasteiger partial charge in [0.2, 0.25) is 0 Å². The molecular formula is C13H14O2S2. The van der Waals surface area contributed by atoms with Crippen molar-refractivity contribution >= 4 is 21.2 Å². The summed E-state index contributed by atoms with van der Waals surface area (Å²) >= 11 is 1.54. The average Bonchev–Trinajstić information content (AvgIpc) is 2.64. The largest absolute Gasteiger partial charge is 0.228 e. The monoisotopic (exact) mass is 266 g/mol. The molecule has 4 heteroatoms. The molecule has 1 aromatic heterocycles. The first kappa shape index (κ1) is 12.3. The van der Waals surface area contributed by atoms with Crippen molar-refractivity contribution in [1.82, 2.24) is 0 Å². The fraction of sp³-hybridized carbons (Fsp3) is 0.231. The minimum atomic E-state index is -3.15. The number of hydrogen-bond acceptors (Lipinski definition) is 3. The van der Waals surface area contributed by atoms with Crippen molar-refractivity contribution in [3.63, 3.8) is 0 Å².